The molecule has 4 aromatic carbocycles. The van der Waals surface area contributed by atoms with Crippen LogP contribution in [0.2, 0.25) is 0 Å². The lowest BCUT2D eigenvalue weighted by Gasteiger charge is -2.20. The van der Waals surface area contributed by atoms with Gasteiger partial charge in [0.25, 0.3) is 0 Å². The summed E-state index contributed by atoms with van der Waals surface area (Å²) in [5, 5.41) is 6.26. The molecule has 0 saturated heterocycles. The molecule has 0 aliphatic rings. The van der Waals surface area contributed by atoms with E-state index in [4.69, 9.17) is 4.98 Å². The number of rotatable bonds is 4. The molecule has 0 radical (unpaired) electrons. The fourth-order valence-corrected chi connectivity index (χ4v) is 6.66. The van der Waals surface area contributed by atoms with Gasteiger partial charge in [-0.2, -0.15) is 0 Å². The Morgan fingerprint density at radius 3 is 1.88 bits per heavy atom. The topological polar surface area (TPSA) is 25.8 Å². The van der Waals surface area contributed by atoms with E-state index >= 15 is 0 Å². The van der Waals surface area contributed by atoms with Gasteiger partial charge in [-0.1, -0.05) is 97.1 Å². The Labute approximate surface area is 194 Å². The van der Waals surface area contributed by atoms with Crippen LogP contribution in [0.4, 0.5) is 0 Å². The van der Waals surface area contributed by atoms with E-state index in [-0.39, 0.29) is 0 Å². The highest BCUT2D eigenvalue weighted by atomic mass is 31.1. The largest absolute Gasteiger partial charge is 0.254 e. The molecule has 0 N–H and O–H groups in total. The third-order valence-corrected chi connectivity index (χ3v) is 8.31. The summed E-state index contributed by atoms with van der Waals surface area (Å²) < 4.78 is 0. The number of nitrogens with zero attached hydrogens (tertiary/aromatic N) is 2. The molecule has 2 heterocycles. The maximum absolute atomic E-state index is 4.82. The van der Waals surface area contributed by atoms with Crippen molar-refractivity contribution >= 4 is 45.6 Å². The predicted octanol–water partition coefficient (Wildman–Crippen LogP) is 6.21. The summed E-state index contributed by atoms with van der Waals surface area (Å²) in [7, 11) is -0.641. The molecule has 0 fully saturated rings. The molecule has 6 aromatic rings. The second-order valence-electron chi connectivity index (χ2n) is 7.99. The molecule has 2 nitrogen and oxygen atoms in total. The molecule has 0 amide bonds. The Kier molecular flexibility index (Phi) is 5.14. The SMILES string of the molecule is c1ccc(P(c2ccccc2)c2cccc(-c3cnc4c(ccc5cccnc54)c3)c2)cc1. The molecule has 0 atom stereocenters. The van der Waals surface area contributed by atoms with Gasteiger partial charge in [0.2, 0.25) is 0 Å². The van der Waals surface area contributed by atoms with E-state index in [2.05, 4.69) is 114 Å². The van der Waals surface area contributed by atoms with Crippen molar-refractivity contribution in [3.8, 4) is 11.1 Å². The highest BCUT2D eigenvalue weighted by Gasteiger charge is 2.17. The Balaban J connectivity index is 1.47. The second kappa shape index (κ2) is 8.58. The molecule has 0 bridgehead atoms. The van der Waals surface area contributed by atoms with E-state index in [1.54, 1.807) is 0 Å². The van der Waals surface area contributed by atoms with Crippen molar-refractivity contribution in [2.75, 3.05) is 0 Å². The van der Waals surface area contributed by atoms with Crippen molar-refractivity contribution in [1.29, 1.82) is 0 Å². The molecule has 0 aliphatic heterocycles. The zero-order valence-electron chi connectivity index (χ0n) is 18.0. The molecule has 0 spiro atoms. The summed E-state index contributed by atoms with van der Waals surface area (Å²) in [6, 6.07) is 41.1. The van der Waals surface area contributed by atoms with E-state index in [0.29, 0.717) is 0 Å². The third-order valence-electron chi connectivity index (χ3n) is 5.89. The molecular weight excluding hydrogens is 419 g/mol. The minimum absolute atomic E-state index is 0.641. The Bertz CT molecular complexity index is 1520. The van der Waals surface area contributed by atoms with Crippen molar-refractivity contribution < 1.29 is 0 Å². The van der Waals surface area contributed by atoms with Gasteiger partial charge in [0.15, 0.2) is 0 Å². The van der Waals surface area contributed by atoms with Crippen molar-refractivity contribution in [1.82, 2.24) is 9.97 Å². The lowest BCUT2D eigenvalue weighted by atomic mass is 10.0. The van der Waals surface area contributed by atoms with Crippen LogP contribution >= 0.6 is 7.92 Å². The summed E-state index contributed by atoms with van der Waals surface area (Å²) >= 11 is 0. The first-order valence-corrected chi connectivity index (χ1v) is 12.4. The number of hydrogen-bond donors (Lipinski definition) is 0. The molecule has 2 aromatic heterocycles. The average molecular weight is 440 g/mol. The lowest BCUT2D eigenvalue weighted by Crippen LogP contribution is -2.20. The first-order valence-electron chi connectivity index (χ1n) is 11.0. The summed E-state index contributed by atoms with van der Waals surface area (Å²) in [5.74, 6) is 0. The fraction of sp³-hybridized carbons (Fsp3) is 0. The summed E-state index contributed by atoms with van der Waals surface area (Å²) in [5.41, 5.74) is 4.20. The lowest BCUT2D eigenvalue weighted by molar-refractivity contribution is 1.37. The molecular formula is C30H21N2P. The van der Waals surface area contributed by atoms with Gasteiger partial charge in [0.05, 0.1) is 11.0 Å². The van der Waals surface area contributed by atoms with E-state index in [1.165, 1.54) is 21.5 Å². The maximum Gasteiger partial charge on any atom is 0.0964 e. The quantitative estimate of drug-likeness (QED) is 0.241. The van der Waals surface area contributed by atoms with Gasteiger partial charge < -0.3 is 0 Å². The van der Waals surface area contributed by atoms with E-state index in [0.717, 1.165) is 27.4 Å². The Morgan fingerprint density at radius 2 is 1.12 bits per heavy atom. The number of benzene rings is 4. The molecule has 156 valence electrons. The highest BCUT2D eigenvalue weighted by Crippen LogP contribution is 2.34. The number of fused-ring (bicyclic) bond motifs is 3. The summed E-state index contributed by atoms with van der Waals surface area (Å²) in [6.45, 7) is 0. The standard InChI is InChI=1S/C30H21N2P/c1-3-11-26(12-4-1)33(27-13-5-2-6-14-27)28-15-7-9-23(20-28)25-19-24-17-16-22-10-8-18-31-29(22)30(24)32-21-25/h1-21H. The van der Waals surface area contributed by atoms with Crippen LogP contribution in [0.3, 0.4) is 0 Å². The highest BCUT2D eigenvalue weighted by molar-refractivity contribution is 7.79. The van der Waals surface area contributed by atoms with Crippen LogP contribution in [0.1, 0.15) is 0 Å². The first-order chi connectivity index (χ1) is 16.4. The zero-order valence-corrected chi connectivity index (χ0v) is 18.9. The van der Waals surface area contributed by atoms with Crippen LogP contribution in [0.15, 0.2) is 128 Å². The molecule has 33 heavy (non-hydrogen) atoms. The van der Waals surface area contributed by atoms with Gasteiger partial charge in [0, 0.05) is 28.7 Å². The van der Waals surface area contributed by atoms with E-state index in [9.17, 15) is 0 Å². The van der Waals surface area contributed by atoms with Crippen LogP contribution < -0.4 is 15.9 Å². The van der Waals surface area contributed by atoms with Crippen molar-refractivity contribution in [2.24, 2.45) is 0 Å². The van der Waals surface area contributed by atoms with Gasteiger partial charge in [0.1, 0.15) is 0 Å². The van der Waals surface area contributed by atoms with Crippen LogP contribution in [-0.4, -0.2) is 9.97 Å². The molecule has 0 aliphatic carbocycles. The van der Waals surface area contributed by atoms with Gasteiger partial charge >= 0.3 is 0 Å². The zero-order chi connectivity index (χ0) is 22.0. The summed E-state index contributed by atoms with van der Waals surface area (Å²) in [6.07, 6.45) is 3.80. The van der Waals surface area contributed by atoms with Crippen molar-refractivity contribution in [2.45, 2.75) is 0 Å². The molecule has 6 rings (SSSR count). The number of aromatic nitrogens is 2. The third kappa shape index (κ3) is 3.80. The molecule has 0 unspecified atom stereocenters. The smallest absolute Gasteiger partial charge is 0.0964 e. The molecule has 0 saturated carbocycles. The van der Waals surface area contributed by atoms with Crippen LogP contribution in [0.25, 0.3) is 32.9 Å². The summed E-state index contributed by atoms with van der Waals surface area (Å²) in [4.78, 5) is 9.38. The van der Waals surface area contributed by atoms with E-state index < -0.39 is 7.92 Å². The normalized spacial score (nSPS) is 11.3. The van der Waals surface area contributed by atoms with Gasteiger partial charge in [-0.15, -0.1) is 0 Å². The van der Waals surface area contributed by atoms with Crippen LogP contribution in [0, 0.1) is 0 Å². The van der Waals surface area contributed by atoms with Crippen molar-refractivity contribution in [3.05, 3.63) is 128 Å². The minimum atomic E-state index is -0.641. The van der Waals surface area contributed by atoms with Gasteiger partial charge in [-0.3, -0.25) is 9.97 Å². The Morgan fingerprint density at radius 1 is 0.455 bits per heavy atom. The number of pyridine rings is 2. The van der Waals surface area contributed by atoms with Gasteiger partial charge in [-0.05, 0) is 47.6 Å². The monoisotopic (exact) mass is 440 g/mol. The fourth-order valence-electron chi connectivity index (χ4n) is 4.32. The maximum atomic E-state index is 4.82. The molecule has 3 heteroatoms. The predicted molar refractivity (Wildman–Crippen MR) is 141 cm³/mol. The van der Waals surface area contributed by atoms with Crippen LogP contribution in [0.5, 0.6) is 0 Å². The second-order valence-corrected chi connectivity index (χ2v) is 10.2. The average Bonchev–Trinajstić information content (AvgIpc) is 2.90. The van der Waals surface area contributed by atoms with Gasteiger partial charge in [-0.25, -0.2) is 0 Å². The first kappa shape index (κ1) is 19.8. The minimum Gasteiger partial charge on any atom is -0.254 e. The Hall–Kier alpha value is -3.87. The van der Waals surface area contributed by atoms with E-state index in [1.807, 2.05) is 18.5 Å². The van der Waals surface area contributed by atoms with Crippen molar-refractivity contribution in [3.63, 3.8) is 0 Å². The van der Waals surface area contributed by atoms with Crippen LogP contribution in [-0.2, 0) is 0 Å². The number of hydrogen-bond acceptors (Lipinski definition) is 2.